The van der Waals surface area contributed by atoms with Crippen LogP contribution >= 0.6 is 0 Å². The zero-order chi connectivity index (χ0) is 19.7. The molecule has 0 bridgehead atoms. The predicted octanol–water partition coefficient (Wildman–Crippen LogP) is 2.68. The third kappa shape index (κ3) is 3.58. The van der Waals surface area contributed by atoms with Gasteiger partial charge >= 0.3 is 0 Å². The Morgan fingerprint density at radius 2 is 1.93 bits per heavy atom. The quantitative estimate of drug-likeness (QED) is 0.817. The normalized spacial score (nSPS) is 22.3. The summed E-state index contributed by atoms with van der Waals surface area (Å²) in [4.78, 5) is 17.1. The number of rotatable bonds is 4. The summed E-state index contributed by atoms with van der Waals surface area (Å²) in [5.74, 6) is 1.80. The van der Waals surface area contributed by atoms with Gasteiger partial charge in [0.1, 0.15) is 12.2 Å². The van der Waals surface area contributed by atoms with Crippen molar-refractivity contribution in [2.45, 2.75) is 39.2 Å². The summed E-state index contributed by atoms with van der Waals surface area (Å²) in [6.07, 6.45) is 3.88. The third-order valence-corrected chi connectivity index (χ3v) is 6.59. The zero-order valence-electron chi connectivity index (χ0n) is 17.2. The third-order valence-electron chi connectivity index (χ3n) is 6.59. The number of aryl methyl sites for hydroxylation is 1. The number of hydrogen-bond donors (Lipinski definition) is 0. The van der Waals surface area contributed by atoms with Crippen LogP contribution in [-0.2, 0) is 18.4 Å². The van der Waals surface area contributed by atoms with Gasteiger partial charge in [-0.1, -0.05) is 44.2 Å². The standard InChI is InChI=1S/C22H31N5O/c1-17(2)21(28)27-11-9-22(10-12-27)15-26(13-18-7-5-4-6-8-18)14-19(22)20-24-23-16-25(20)3/h4-8,16-17,19H,9-15H2,1-3H3. The maximum absolute atomic E-state index is 12.5. The molecule has 0 saturated carbocycles. The molecule has 0 N–H and O–H groups in total. The Kier molecular flexibility index (Phi) is 5.23. The number of carbonyl (C=O) groups is 1. The second-order valence-corrected chi connectivity index (χ2v) is 8.85. The first-order valence-corrected chi connectivity index (χ1v) is 10.4. The molecule has 1 spiro atoms. The number of carbonyl (C=O) groups excluding carboxylic acids is 1. The molecule has 2 aliphatic heterocycles. The Labute approximate surface area is 167 Å². The molecule has 1 atom stereocenters. The molecule has 2 aliphatic rings. The van der Waals surface area contributed by atoms with Crippen molar-refractivity contribution < 1.29 is 4.79 Å². The maximum Gasteiger partial charge on any atom is 0.225 e. The molecule has 1 aromatic carbocycles. The minimum Gasteiger partial charge on any atom is -0.342 e. The van der Waals surface area contributed by atoms with Crippen LogP contribution in [0.2, 0.25) is 0 Å². The lowest BCUT2D eigenvalue weighted by atomic mass is 9.70. The highest BCUT2D eigenvalue weighted by Gasteiger charge is 2.50. The number of aromatic nitrogens is 3. The van der Waals surface area contributed by atoms with Gasteiger partial charge in [-0.05, 0) is 23.8 Å². The van der Waals surface area contributed by atoms with Crippen molar-refractivity contribution in [3.8, 4) is 0 Å². The van der Waals surface area contributed by atoms with Crippen LogP contribution in [0.15, 0.2) is 36.7 Å². The highest BCUT2D eigenvalue weighted by atomic mass is 16.2. The molecule has 150 valence electrons. The van der Waals surface area contributed by atoms with E-state index in [0.717, 1.165) is 51.4 Å². The first kappa shape index (κ1) is 19.1. The van der Waals surface area contributed by atoms with Crippen molar-refractivity contribution >= 4 is 5.91 Å². The Hall–Kier alpha value is -2.21. The smallest absolute Gasteiger partial charge is 0.225 e. The van der Waals surface area contributed by atoms with Gasteiger partial charge in [-0.15, -0.1) is 10.2 Å². The molecule has 1 amide bonds. The summed E-state index contributed by atoms with van der Waals surface area (Å²) in [6, 6.07) is 10.7. The van der Waals surface area contributed by atoms with Gasteiger partial charge in [0.2, 0.25) is 5.91 Å². The summed E-state index contributed by atoms with van der Waals surface area (Å²) in [5, 5.41) is 8.63. The fourth-order valence-electron chi connectivity index (χ4n) is 5.04. The molecule has 4 rings (SSSR count). The van der Waals surface area contributed by atoms with Gasteiger partial charge in [-0.2, -0.15) is 0 Å². The van der Waals surface area contributed by atoms with Crippen LogP contribution in [0.4, 0.5) is 0 Å². The lowest BCUT2D eigenvalue weighted by Gasteiger charge is -2.42. The predicted molar refractivity (Wildman–Crippen MR) is 109 cm³/mol. The van der Waals surface area contributed by atoms with Gasteiger partial charge in [0.25, 0.3) is 0 Å². The minimum absolute atomic E-state index is 0.0711. The van der Waals surface area contributed by atoms with Crippen LogP contribution in [0.5, 0.6) is 0 Å². The number of piperidine rings is 1. The van der Waals surface area contributed by atoms with Crippen LogP contribution in [0, 0.1) is 11.3 Å². The number of hydrogen-bond acceptors (Lipinski definition) is 4. The van der Waals surface area contributed by atoms with Crippen molar-refractivity contribution in [1.82, 2.24) is 24.6 Å². The van der Waals surface area contributed by atoms with Crippen LogP contribution in [0.25, 0.3) is 0 Å². The largest absolute Gasteiger partial charge is 0.342 e. The summed E-state index contributed by atoms with van der Waals surface area (Å²) < 4.78 is 2.07. The first-order chi connectivity index (χ1) is 13.5. The molecule has 0 aliphatic carbocycles. The highest BCUT2D eigenvalue weighted by molar-refractivity contribution is 5.78. The topological polar surface area (TPSA) is 54.3 Å². The molecule has 2 saturated heterocycles. The number of benzene rings is 1. The second kappa shape index (κ2) is 7.66. The average molecular weight is 382 g/mol. The van der Waals surface area contributed by atoms with E-state index < -0.39 is 0 Å². The van der Waals surface area contributed by atoms with E-state index in [-0.39, 0.29) is 17.2 Å². The summed E-state index contributed by atoms with van der Waals surface area (Å²) in [7, 11) is 2.04. The number of nitrogens with zero attached hydrogens (tertiary/aromatic N) is 5. The van der Waals surface area contributed by atoms with E-state index in [2.05, 4.69) is 54.9 Å². The maximum atomic E-state index is 12.5. The molecule has 2 fully saturated rings. The fourth-order valence-corrected chi connectivity index (χ4v) is 5.04. The molecular formula is C22H31N5O. The molecule has 3 heterocycles. The summed E-state index contributed by atoms with van der Waals surface area (Å²) in [5.41, 5.74) is 1.52. The van der Waals surface area contributed by atoms with Crippen LogP contribution in [-0.4, -0.2) is 56.7 Å². The Bertz CT molecular complexity index is 807. The van der Waals surface area contributed by atoms with Gasteiger partial charge in [0.15, 0.2) is 0 Å². The van der Waals surface area contributed by atoms with Crippen LogP contribution < -0.4 is 0 Å². The van der Waals surface area contributed by atoms with Crippen LogP contribution in [0.1, 0.15) is 44.0 Å². The van der Waals surface area contributed by atoms with E-state index in [1.54, 1.807) is 6.33 Å². The van der Waals surface area contributed by atoms with E-state index in [4.69, 9.17) is 0 Å². The van der Waals surface area contributed by atoms with Gasteiger partial charge in [-0.3, -0.25) is 9.69 Å². The van der Waals surface area contributed by atoms with Crippen molar-refractivity contribution in [1.29, 1.82) is 0 Å². The van der Waals surface area contributed by atoms with Crippen molar-refractivity contribution in [3.05, 3.63) is 48.0 Å². The highest BCUT2D eigenvalue weighted by Crippen LogP contribution is 2.49. The molecule has 6 nitrogen and oxygen atoms in total. The first-order valence-electron chi connectivity index (χ1n) is 10.4. The molecule has 1 unspecified atom stereocenters. The summed E-state index contributed by atoms with van der Waals surface area (Å²) >= 11 is 0. The fraction of sp³-hybridized carbons (Fsp3) is 0.591. The van der Waals surface area contributed by atoms with Crippen molar-refractivity contribution in [2.75, 3.05) is 26.2 Å². The molecule has 6 heteroatoms. The van der Waals surface area contributed by atoms with E-state index in [9.17, 15) is 4.79 Å². The SMILES string of the molecule is CC(C)C(=O)N1CCC2(CC1)CN(Cc1ccccc1)CC2c1nncn1C. The lowest BCUT2D eigenvalue weighted by molar-refractivity contribution is -0.136. The van der Waals surface area contributed by atoms with E-state index in [0.29, 0.717) is 5.92 Å². The Morgan fingerprint density at radius 1 is 1.21 bits per heavy atom. The van der Waals surface area contributed by atoms with E-state index in [1.165, 1.54) is 5.56 Å². The average Bonchev–Trinajstić information content (AvgIpc) is 3.26. The van der Waals surface area contributed by atoms with Crippen LogP contribution in [0.3, 0.4) is 0 Å². The van der Waals surface area contributed by atoms with Gasteiger partial charge < -0.3 is 9.47 Å². The molecular weight excluding hydrogens is 350 g/mol. The summed E-state index contributed by atoms with van der Waals surface area (Å²) in [6.45, 7) is 8.71. The van der Waals surface area contributed by atoms with Crippen molar-refractivity contribution in [3.63, 3.8) is 0 Å². The van der Waals surface area contributed by atoms with Gasteiger partial charge in [0, 0.05) is 51.6 Å². The van der Waals surface area contributed by atoms with Gasteiger partial charge in [0.05, 0.1) is 0 Å². The molecule has 2 aromatic rings. The number of amides is 1. The molecule has 1 aromatic heterocycles. The van der Waals surface area contributed by atoms with E-state index >= 15 is 0 Å². The Balaban J connectivity index is 1.55. The monoisotopic (exact) mass is 381 g/mol. The number of likely N-dealkylation sites (tertiary alicyclic amines) is 2. The zero-order valence-corrected chi connectivity index (χ0v) is 17.2. The Morgan fingerprint density at radius 3 is 2.54 bits per heavy atom. The van der Waals surface area contributed by atoms with Gasteiger partial charge in [-0.25, -0.2) is 0 Å². The second-order valence-electron chi connectivity index (χ2n) is 8.85. The van der Waals surface area contributed by atoms with E-state index in [1.807, 2.05) is 20.9 Å². The minimum atomic E-state index is 0.0711. The lowest BCUT2D eigenvalue weighted by Crippen LogP contribution is -2.47. The molecule has 0 radical (unpaired) electrons. The van der Waals surface area contributed by atoms with Crippen molar-refractivity contribution in [2.24, 2.45) is 18.4 Å². The molecule has 28 heavy (non-hydrogen) atoms.